The standard InChI is InChI=1S/C22H23N3O/c1-5-23-17-12-21-22(16-10-8-7-9-15(16)17)24-18-11-14(3)19(25(4)6-2)13-20(18)26-21/h7-13H,5-6H2,1-4H3/p+1. The van der Waals surface area contributed by atoms with Gasteiger partial charge < -0.3 is 9.73 Å². The molecule has 0 aromatic heterocycles. The zero-order chi connectivity index (χ0) is 18.3. The minimum Gasteiger partial charge on any atom is -0.452 e. The van der Waals surface area contributed by atoms with Crippen molar-refractivity contribution in [3.63, 3.8) is 0 Å². The molecule has 0 radical (unpaired) electrons. The fraction of sp³-hybridized carbons (Fsp3) is 0.273. The number of fused-ring (bicyclic) bond motifs is 4. The molecule has 0 unspecified atom stereocenters. The molecule has 1 aliphatic heterocycles. The molecular formula is C22H24N3O+. The van der Waals surface area contributed by atoms with E-state index in [0.29, 0.717) is 0 Å². The minimum atomic E-state index is 0.807. The van der Waals surface area contributed by atoms with Gasteiger partial charge in [-0.3, -0.25) is 0 Å². The molecule has 4 heteroatoms. The first-order valence-corrected chi connectivity index (χ1v) is 9.17. The van der Waals surface area contributed by atoms with E-state index in [1.165, 1.54) is 16.3 Å². The van der Waals surface area contributed by atoms with Gasteiger partial charge in [0.15, 0.2) is 11.3 Å². The van der Waals surface area contributed by atoms with Crippen molar-refractivity contribution >= 4 is 27.6 Å². The van der Waals surface area contributed by atoms with Crippen LogP contribution in [0.5, 0.6) is 0 Å². The molecule has 1 aliphatic carbocycles. The second-order valence-corrected chi connectivity index (χ2v) is 6.68. The number of aromatic nitrogens is 1. The predicted octanol–water partition coefficient (Wildman–Crippen LogP) is 4.25. The van der Waals surface area contributed by atoms with Gasteiger partial charge in [0.25, 0.3) is 0 Å². The lowest BCUT2D eigenvalue weighted by Crippen LogP contribution is -2.28. The Morgan fingerprint density at radius 2 is 1.85 bits per heavy atom. The van der Waals surface area contributed by atoms with Crippen molar-refractivity contribution in [2.24, 2.45) is 0 Å². The smallest absolute Gasteiger partial charge is 0.206 e. The maximum Gasteiger partial charge on any atom is 0.206 e. The Hall–Kier alpha value is -2.88. The van der Waals surface area contributed by atoms with Crippen molar-refractivity contribution in [2.75, 3.05) is 25.5 Å². The molecule has 1 N–H and O–H groups in total. The zero-order valence-electron chi connectivity index (χ0n) is 15.8. The van der Waals surface area contributed by atoms with E-state index in [1.54, 1.807) is 0 Å². The number of benzene rings is 3. The maximum atomic E-state index is 6.30. The van der Waals surface area contributed by atoms with E-state index in [0.717, 1.165) is 46.7 Å². The summed E-state index contributed by atoms with van der Waals surface area (Å²) in [5.74, 6) is 0.816. The molecule has 2 aliphatic rings. The first kappa shape index (κ1) is 16.6. The Kier molecular flexibility index (Phi) is 4.11. The zero-order valence-corrected chi connectivity index (χ0v) is 15.8. The highest BCUT2D eigenvalue weighted by molar-refractivity contribution is 6.10. The van der Waals surface area contributed by atoms with Gasteiger partial charge in [-0.2, -0.15) is 0 Å². The fourth-order valence-electron chi connectivity index (χ4n) is 3.52. The lowest BCUT2D eigenvalue weighted by Gasteiger charge is -2.13. The summed E-state index contributed by atoms with van der Waals surface area (Å²) in [6.45, 7) is 8.18. The van der Waals surface area contributed by atoms with Gasteiger partial charge in [0.2, 0.25) is 5.36 Å². The van der Waals surface area contributed by atoms with E-state index in [2.05, 4.69) is 74.1 Å². The summed E-state index contributed by atoms with van der Waals surface area (Å²) in [5, 5.41) is 6.90. The van der Waals surface area contributed by atoms with Crippen LogP contribution in [0.3, 0.4) is 0 Å². The number of rotatable bonds is 3. The fourth-order valence-corrected chi connectivity index (χ4v) is 3.52. The second-order valence-electron chi connectivity index (χ2n) is 6.68. The van der Waals surface area contributed by atoms with Crippen LogP contribution in [0.4, 0.5) is 5.69 Å². The van der Waals surface area contributed by atoms with Gasteiger partial charge in [-0.15, -0.1) is 0 Å². The predicted molar refractivity (Wildman–Crippen MR) is 109 cm³/mol. The molecule has 0 bridgehead atoms. The van der Waals surface area contributed by atoms with E-state index in [9.17, 15) is 0 Å². The first-order chi connectivity index (χ1) is 12.6. The normalized spacial score (nSPS) is 12.8. The van der Waals surface area contributed by atoms with Crippen LogP contribution in [0.1, 0.15) is 19.4 Å². The van der Waals surface area contributed by atoms with Crippen LogP contribution >= 0.6 is 0 Å². The van der Waals surface area contributed by atoms with E-state index >= 15 is 0 Å². The number of anilines is 1. The molecular weight excluding hydrogens is 322 g/mol. The molecule has 0 atom stereocenters. The first-order valence-electron chi connectivity index (χ1n) is 9.17. The molecule has 0 amide bonds. The van der Waals surface area contributed by atoms with Gasteiger partial charge in [-0.25, -0.2) is 9.56 Å². The number of nitrogens with one attached hydrogen (secondary N) is 1. The van der Waals surface area contributed by atoms with Crippen LogP contribution in [0.15, 0.2) is 46.9 Å². The van der Waals surface area contributed by atoms with Crippen LogP contribution in [-0.2, 0) is 0 Å². The van der Waals surface area contributed by atoms with Crippen LogP contribution in [0.2, 0.25) is 0 Å². The number of nitrogens with zero attached hydrogens (tertiary/aromatic N) is 2. The molecule has 2 aromatic rings. The quantitative estimate of drug-likeness (QED) is 0.342. The van der Waals surface area contributed by atoms with E-state index in [-0.39, 0.29) is 0 Å². The van der Waals surface area contributed by atoms with Gasteiger partial charge in [-0.1, -0.05) is 24.3 Å². The van der Waals surface area contributed by atoms with Crippen LogP contribution in [-0.4, -0.2) is 25.1 Å². The summed E-state index contributed by atoms with van der Waals surface area (Å²) in [6, 6.07) is 14.6. The van der Waals surface area contributed by atoms with Crippen LogP contribution in [0, 0.1) is 6.92 Å². The third kappa shape index (κ3) is 2.62. The average molecular weight is 346 g/mol. The molecule has 0 fully saturated rings. The molecule has 2 aromatic carbocycles. The summed E-state index contributed by atoms with van der Waals surface area (Å²) in [5.41, 5.74) is 4.90. The highest BCUT2D eigenvalue weighted by Gasteiger charge is 2.16. The van der Waals surface area contributed by atoms with Crippen molar-refractivity contribution in [1.29, 1.82) is 0 Å². The van der Waals surface area contributed by atoms with Crippen LogP contribution < -0.4 is 15.2 Å². The highest BCUT2D eigenvalue weighted by Crippen LogP contribution is 2.34. The Balaban J connectivity index is 2.12. The monoisotopic (exact) mass is 346 g/mol. The summed E-state index contributed by atoms with van der Waals surface area (Å²) >= 11 is 0. The van der Waals surface area contributed by atoms with Crippen molar-refractivity contribution in [3.05, 3.63) is 53.4 Å². The van der Waals surface area contributed by atoms with Gasteiger partial charge in [-0.05, 0) is 26.8 Å². The van der Waals surface area contributed by atoms with Gasteiger partial charge in [0, 0.05) is 34.6 Å². The third-order valence-electron chi connectivity index (χ3n) is 4.96. The van der Waals surface area contributed by atoms with E-state index in [4.69, 9.17) is 9.40 Å². The molecule has 4 nitrogen and oxygen atoms in total. The number of aryl methyl sites for hydroxylation is 1. The maximum absolute atomic E-state index is 6.30. The Morgan fingerprint density at radius 3 is 2.58 bits per heavy atom. The molecule has 26 heavy (non-hydrogen) atoms. The summed E-state index contributed by atoms with van der Waals surface area (Å²) in [7, 11) is 2.10. The number of hydrogen-bond acceptors (Lipinski definition) is 3. The summed E-state index contributed by atoms with van der Waals surface area (Å²) < 4.78 is 8.52. The van der Waals surface area contributed by atoms with Crippen molar-refractivity contribution in [1.82, 2.24) is 9.56 Å². The lowest BCUT2D eigenvalue weighted by molar-refractivity contribution is 0.608. The summed E-state index contributed by atoms with van der Waals surface area (Å²) in [6.07, 6.45) is 0. The SMILES string of the molecule is CCNc1cc2oc3cc(=[N+](C)CC)c(C)cc-3nc2c2ccccc12. The minimum absolute atomic E-state index is 0.807. The molecule has 132 valence electrons. The molecule has 4 rings (SSSR count). The van der Waals surface area contributed by atoms with E-state index < -0.39 is 0 Å². The largest absolute Gasteiger partial charge is 0.452 e. The Bertz CT molecular complexity index is 1160. The topological polar surface area (TPSA) is 41.1 Å². The van der Waals surface area contributed by atoms with Crippen molar-refractivity contribution in [2.45, 2.75) is 20.8 Å². The highest BCUT2D eigenvalue weighted by atomic mass is 16.3. The third-order valence-corrected chi connectivity index (χ3v) is 4.96. The Labute approximate surface area is 153 Å². The van der Waals surface area contributed by atoms with Crippen LogP contribution in [0.25, 0.3) is 33.3 Å². The average Bonchev–Trinajstić information content (AvgIpc) is 2.66. The molecule has 0 spiro atoms. The van der Waals surface area contributed by atoms with Crippen molar-refractivity contribution < 1.29 is 4.42 Å². The molecule has 0 saturated heterocycles. The van der Waals surface area contributed by atoms with E-state index in [1.807, 2.05) is 6.07 Å². The van der Waals surface area contributed by atoms with Gasteiger partial charge >= 0.3 is 0 Å². The Morgan fingerprint density at radius 1 is 1.08 bits per heavy atom. The molecule has 0 saturated carbocycles. The summed E-state index contributed by atoms with van der Waals surface area (Å²) in [4.78, 5) is 4.95. The second kappa shape index (κ2) is 6.45. The lowest BCUT2D eigenvalue weighted by atomic mass is 10.1. The number of hydrogen-bond donors (Lipinski definition) is 1. The molecule has 1 heterocycles. The van der Waals surface area contributed by atoms with Gasteiger partial charge in [0.1, 0.15) is 24.8 Å². The van der Waals surface area contributed by atoms with Gasteiger partial charge in [0.05, 0.1) is 6.07 Å². The van der Waals surface area contributed by atoms with Crippen molar-refractivity contribution in [3.8, 4) is 11.5 Å².